The molecular formula is C32H57NO6P+. The van der Waals surface area contributed by atoms with Crippen molar-refractivity contribution in [2.75, 3.05) is 13.2 Å². The van der Waals surface area contributed by atoms with Crippen molar-refractivity contribution < 1.29 is 28.6 Å². The molecule has 0 aromatic rings. The third kappa shape index (κ3) is 7.24. The van der Waals surface area contributed by atoms with Crippen molar-refractivity contribution in [3.63, 3.8) is 0 Å². The van der Waals surface area contributed by atoms with Gasteiger partial charge in [-0.05, 0) is 111 Å². The lowest BCUT2D eigenvalue weighted by Crippen LogP contribution is -2.54. The Hall–Kier alpha value is -0.750. The summed E-state index contributed by atoms with van der Waals surface area (Å²) >= 11 is 0. The van der Waals surface area contributed by atoms with E-state index in [1.54, 1.807) is 0 Å². The number of carbonyl (C=O) groups excluding carboxylic acids is 1. The fraction of sp³-hybridized carbons (Fsp3) is 0.969. The van der Waals surface area contributed by atoms with Crippen LogP contribution in [-0.4, -0.2) is 41.5 Å². The number of hydrogen-bond acceptors (Lipinski definition) is 5. The molecule has 3 N–H and O–H groups in total. The molecule has 4 rings (SSSR count). The zero-order valence-electron chi connectivity index (χ0n) is 25.6. The third-order valence-electron chi connectivity index (χ3n) is 12.3. The smallest absolute Gasteiger partial charge is 0.446 e. The highest BCUT2D eigenvalue weighted by molar-refractivity contribution is 7.32. The maximum absolute atomic E-state index is 12.5. The second-order valence-electron chi connectivity index (χ2n) is 14.4. The van der Waals surface area contributed by atoms with E-state index >= 15 is 0 Å². The molecule has 0 aromatic heterocycles. The molecule has 0 aromatic carbocycles. The van der Waals surface area contributed by atoms with Crippen molar-refractivity contribution in [2.24, 2.45) is 46.3 Å². The molecule has 7 nitrogen and oxygen atoms in total. The van der Waals surface area contributed by atoms with Crippen molar-refractivity contribution in [3.8, 4) is 0 Å². The molecule has 1 amide bonds. The number of aliphatic hydroxyl groups excluding tert-OH is 1. The lowest BCUT2D eigenvalue weighted by molar-refractivity contribution is -0.129. The Bertz CT molecular complexity index is 857. The van der Waals surface area contributed by atoms with Crippen LogP contribution in [0.4, 0.5) is 4.79 Å². The molecule has 11 atom stereocenters. The van der Waals surface area contributed by atoms with E-state index in [2.05, 4.69) is 37.5 Å². The number of aliphatic hydroxyl groups is 1. The van der Waals surface area contributed by atoms with Gasteiger partial charge in [-0.15, -0.1) is 9.42 Å². The predicted molar refractivity (Wildman–Crippen MR) is 158 cm³/mol. The van der Waals surface area contributed by atoms with Crippen LogP contribution in [0.1, 0.15) is 124 Å². The topological polar surface area (TPSA) is 105 Å². The predicted octanol–water partition coefficient (Wildman–Crippen LogP) is 7.76. The Labute approximate surface area is 243 Å². The van der Waals surface area contributed by atoms with E-state index in [9.17, 15) is 14.5 Å². The van der Waals surface area contributed by atoms with Crippen LogP contribution in [0.15, 0.2) is 0 Å². The molecule has 0 aliphatic heterocycles. The van der Waals surface area contributed by atoms with Crippen LogP contribution in [0, 0.1) is 46.3 Å². The van der Waals surface area contributed by atoms with Crippen molar-refractivity contribution >= 4 is 14.3 Å². The van der Waals surface area contributed by atoms with Gasteiger partial charge in [0, 0.05) is 17.5 Å². The quantitative estimate of drug-likeness (QED) is 0.151. The van der Waals surface area contributed by atoms with Crippen LogP contribution in [0.2, 0.25) is 0 Å². The van der Waals surface area contributed by atoms with Gasteiger partial charge in [-0.3, -0.25) is 0 Å². The van der Waals surface area contributed by atoms with Crippen molar-refractivity contribution in [3.05, 3.63) is 0 Å². The molecule has 4 saturated carbocycles. The number of alkyl carbamates (subject to hydrolysis) is 1. The van der Waals surface area contributed by atoms with Gasteiger partial charge in [-0.1, -0.05) is 53.4 Å². The summed E-state index contributed by atoms with van der Waals surface area (Å²) in [6, 6.07) is 0. The van der Waals surface area contributed by atoms with Gasteiger partial charge in [-0.25, -0.2) is 4.79 Å². The summed E-state index contributed by atoms with van der Waals surface area (Å²) < 4.78 is 21.0. The fourth-order valence-electron chi connectivity index (χ4n) is 10.2. The molecule has 0 radical (unpaired) electrons. The number of carbonyl (C=O) groups is 1. The first kappa shape index (κ1) is 32.2. The average Bonchev–Trinajstić information content (AvgIpc) is 3.26. The van der Waals surface area contributed by atoms with Gasteiger partial charge in [-0.2, -0.15) is 0 Å². The normalized spacial score (nSPS) is 38.9. The van der Waals surface area contributed by atoms with E-state index in [1.165, 1.54) is 64.2 Å². The molecule has 10 unspecified atom stereocenters. The van der Waals surface area contributed by atoms with E-state index in [-0.39, 0.29) is 19.1 Å². The lowest BCUT2D eigenvalue weighted by Gasteiger charge is -2.61. The molecule has 4 fully saturated rings. The Kier molecular flexibility index (Phi) is 11.4. The van der Waals surface area contributed by atoms with E-state index < -0.39 is 20.5 Å². The molecule has 0 heterocycles. The van der Waals surface area contributed by atoms with Crippen LogP contribution in [-0.2, 0) is 13.8 Å². The van der Waals surface area contributed by atoms with Crippen LogP contribution in [0.5, 0.6) is 0 Å². The standard InChI is InChI=1S/C32H56NO6P/c1-5-6-7-8-22(2)27-11-12-28-26-10-9-23-21-25(13-17-31(23,3)29(26)14-18-32(27,28)4)39-30(35)33-19-15-24(34)16-20-38-40(36)37/h22-29,34H,5-21H2,1-4H3,(H-,33,35,36,37)/p+1/t22?,23?,24?,25-,26?,27?,28?,29?,31?,32?/m0/s1. The van der Waals surface area contributed by atoms with E-state index in [0.29, 0.717) is 29.7 Å². The zero-order valence-corrected chi connectivity index (χ0v) is 26.5. The first-order valence-corrected chi connectivity index (χ1v) is 17.6. The highest BCUT2D eigenvalue weighted by Gasteiger charge is 2.60. The maximum atomic E-state index is 12.5. The molecule has 230 valence electrons. The second kappa shape index (κ2) is 14.1. The second-order valence-corrected chi connectivity index (χ2v) is 15.1. The summed E-state index contributed by atoms with van der Waals surface area (Å²) in [6.07, 6.45) is 16.4. The van der Waals surface area contributed by atoms with Crippen LogP contribution in [0.3, 0.4) is 0 Å². The number of nitrogens with one attached hydrogen (secondary N) is 1. The average molecular weight is 583 g/mol. The number of ether oxygens (including phenoxy) is 1. The molecule has 0 saturated heterocycles. The molecule has 0 bridgehead atoms. The van der Waals surface area contributed by atoms with E-state index in [0.717, 1.165) is 48.9 Å². The minimum absolute atomic E-state index is 0.0140. The van der Waals surface area contributed by atoms with Crippen LogP contribution < -0.4 is 5.32 Å². The Morgan fingerprint density at radius 2 is 1.75 bits per heavy atom. The molecule has 4 aliphatic carbocycles. The van der Waals surface area contributed by atoms with Gasteiger partial charge < -0.3 is 15.2 Å². The number of fused-ring (bicyclic) bond motifs is 5. The highest BCUT2D eigenvalue weighted by atomic mass is 31.1. The van der Waals surface area contributed by atoms with E-state index in [1.807, 2.05) is 0 Å². The SMILES string of the molecule is CCCCCC(C)C1CCC2C3CCC4C[C@@H](OC(=O)NCCC(O)CCO[P+](=O)O)CCC4(C)C3CCC12C. The summed E-state index contributed by atoms with van der Waals surface area (Å²) in [5, 5.41) is 12.7. The zero-order chi connectivity index (χ0) is 28.9. The van der Waals surface area contributed by atoms with Gasteiger partial charge in [0.2, 0.25) is 0 Å². The lowest BCUT2D eigenvalue weighted by atomic mass is 9.44. The Balaban J connectivity index is 1.25. The van der Waals surface area contributed by atoms with Gasteiger partial charge in [0.1, 0.15) is 12.7 Å². The van der Waals surface area contributed by atoms with E-state index in [4.69, 9.17) is 9.63 Å². The summed E-state index contributed by atoms with van der Waals surface area (Å²) in [4.78, 5) is 21.1. The summed E-state index contributed by atoms with van der Waals surface area (Å²) in [5.74, 6) is 5.00. The molecule has 40 heavy (non-hydrogen) atoms. The minimum Gasteiger partial charge on any atom is -0.446 e. The summed E-state index contributed by atoms with van der Waals surface area (Å²) in [5.41, 5.74) is 0.906. The summed E-state index contributed by atoms with van der Waals surface area (Å²) in [6.45, 7) is 10.4. The van der Waals surface area contributed by atoms with Crippen molar-refractivity contribution in [1.29, 1.82) is 0 Å². The number of unbranched alkanes of at least 4 members (excludes halogenated alkanes) is 2. The minimum atomic E-state index is -2.64. The van der Waals surface area contributed by atoms with Gasteiger partial charge in [0.15, 0.2) is 0 Å². The first-order chi connectivity index (χ1) is 19.1. The maximum Gasteiger partial charge on any atom is 0.694 e. The number of amides is 1. The Morgan fingerprint density at radius 1 is 1.00 bits per heavy atom. The largest absolute Gasteiger partial charge is 0.694 e. The monoisotopic (exact) mass is 582 g/mol. The van der Waals surface area contributed by atoms with Gasteiger partial charge in [0.25, 0.3) is 0 Å². The Morgan fingerprint density at radius 3 is 2.50 bits per heavy atom. The van der Waals surface area contributed by atoms with Crippen molar-refractivity contribution in [2.45, 2.75) is 136 Å². The molecule has 8 heteroatoms. The number of hydrogen-bond donors (Lipinski definition) is 3. The third-order valence-corrected chi connectivity index (χ3v) is 12.7. The highest BCUT2D eigenvalue weighted by Crippen LogP contribution is 2.68. The molecule has 4 aliphatic rings. The first-order valence-electron chi connectivity index (χ1n) is 16.5. The van der Waals surface area contributed by atoms with Crippen molar-refractivity contribution in [1.82, 2.24) is 5.32 Å². The number of rotatable bonds is 13. The fourth-order valence-corrected chi connectivity index (χ4v) is 10.4. The molecule has 0 spiro atoms. The van der Waals surface area contributed by atoms with Crippen LogP contribution in [0.25, 0.3) is 0 Å². The summed E-state index contributed by atoms with van der Waals surface area (Å²) in [7, 11) is -2.64. The van der Waals surface area contributed by atoms with Gasteiger partial charge in [0.05, 0.1) is 6.10 Å². The van der Waals surface area contributed by atoms with Crippen LogP contribution >= 0.6 is 8.25 Å². The molecular weight excluding hydrogens is 525 g/mol. The van der Waals surface area contributed by atoms with Gasteiger partial charge >= 0.3 is 14.3 Å².